The van der Waals surface area contributed by atoms with Gasteiger partial charge in [0.05, 0.1) is 6.20 Å². The molecule has 3 N–H and O–H groups in total. The second-order valence-corrected chi connectivity index (χ2v) is 5.88. The van der Waals surface area contributed by atoms with Crippen molar-refractivity contribution < 1.29 is 18.7 Å². The van der Waals surface area contributed by atoms with Gasteiger partial charge in [-0.3, -0.25) is 0 Å². The number of amides is 1. The Bertz CT molecular complexity index is 697. The fraction of sp³-hybridized carbons (Fsp3) is 0.250. The van der Waals surface area contributed by atoms with Crippen molar-refractivity contribution in [2.45, 2.75) is 26.3 Å². The summed E-state index contributed by atoms with van der Waals surface area (Å²) in [6, 6.07) is 7.06. The van der Waals surface area contributed by atoms with E-state index in [0.717, 1.165) is 6.07 Å². The zero-order valence-corrected chi connectivity index (χ0v) is 13.1. The first-order chi connectivity index (χ1) is 10.7. The van der Waals surface area contributed by atoms with Crippen LogP contribution in [0.15, 0.2) is 36.5 Å². The molecule has 0 bridgehead atoms. The lowest BCUT2D eigenvalue weighted by atomic mass is 10.1. The fourth-order valence-corrected chi connectivity index (χ4v) is 1.65. The number of nitrogens with two attached hydrogens (primary N) is 1. The van der Waals surface area contributed by atoms with Gasteiger partial charge >= 0.3 is 6.09 Å². The number of ether oxygens (including phenoxy) is 2. The van der Waals surface area contributed by atoms with Gasteiger partial charge in [0.1, 0.15) is 17.3 Å². The SMILES string of the molecule is CC(C)(C)NC(=O)Oc1cc(Oc2ccc(N)nc2)ccc1F. The van der Waals surface area contributed by atoms with E-state index in [1.54, 1.807) is 32.9 Å². The molecule has 1 amide bonds. The maximum atomic E-state index is 13.8. The minimum Gasteiger partial charge on any atom is -0.456 e. The molecule has 0 radical (unpaired) electrons. The van der Waals surface area contributed by atoms with Crippen molar-refractivity contribution in [1.82, 2.24) is 10.3 Å². The van der Waals surface area contributed by atoms with Crippen LogP contribution in [-0.4, -0.2) is 16.6 Å². The molecule has 1 heterocycles. The molecule has 0 unspecified atom stereocenters. The second kappa shape index (κ2) is 6.51. The number of anilines is 1. The Balaban J connectivity index is 2.12. The molecule has 0 aliphatic rings. The van der Waals surface area contributed by atoms with Crippen molar-refractivity contribution in [3.63, 3.8) is 0 Å². The molecule has 7 heteroatoms. The molecule has 1 aromatic heterocycles. The molecule has 0 saturated heterocycles. The van der Waals surface area contributed by atoms with Crippen molar-refractivity contribution in [1.29, 1.82) is 0 Å². The first-order valence-electron chi connectivity index (χ1n) is 6.92. The van der Waals surface area contributed by atoms with Crippen molar-refractivity contribution in [2.24, 2.45) is 0 Å². The lowest BCUT2D eigenvalue weighted by molar-refractivity contribution is 0.188. The second-order valence-electron chi connectivity index (χ2n) is 5.88. The largest absolute Gasteiger partial charge is 0.456 e. The highest BCUT2D eigenvalue weighted by Gasteiger charge is 2.17. The Hall–Kier alpha value is -2.83. The number of hydrogen-bond acceptors (Lipinski definition) is 5. The van der Waals surface area contributed by atoms with Crippen LogP contribution in [0.5, 0.6) is 17.2 Å². The van der Waals surface area contributed by atoms with E-state index in [2.05, 4.69) is 10.3 Å². The smallest absolute Gasteiger partial charge is 0.413 e. The Morgan fingerprint density at radius 2 is 1.91 bits per heavy atom. The number of aromatic nitrogens is 1. The van der Waals surface area contributed by atoms with Crippen molar-refractivity contribution in [3.8, 4) is 17.2 Å². The summed E-state index contributed by atoms with van der Waals surface area (Å²) < 4.78 is 24.3. The quantitative estimate of drug-likeness (QED) is 0.904. The highest BCUT2D eigenvalue weighted by Crippen LogP contribution is 2.27. The summed E-state index contributed by atoms with van der Waals surface area (Å²) in [5, 5.41) is 2.58. The van der Waals surface area contributed by atoms with Crippen LogP contribution < -0.4 is 20.5 Å². The van der Waals surface area contributed by atoms with Crippen molar-refractivity contribution >= 4 is 11.9 Å². The Labute approximate surface area is 133 Å². The van der Waals surface area contributed by atoms with E-state index in [-0.39, 0.29) is 5.75 Å². The van der Waals surface area contributed by atoms with Gasteiger partial charge in [0.25, 0.3) is 0 Å². The summed E-state index contributed by atoms with van der Waals surface area (Å²) in [5.74, 6) is 0.191. The van der Waals surface area contributed by atoms with Crippen LogP contribution in [0.4, 0.5) is 15.0 Å². The van der Waals surface area contributed by atoms with E-state index in [1.165, 1.54) is 18.3 Å². The van der Waals surface area contributed by atoms with Crippen LogP contribution in [0.25, 0.3) is 0 Å². The summed E-state index contributed by atoms with van der Waals surface area (Å²) in [7, 11) is 0. The lowest BCUT2D eigenvalue weighted by Gasteiger charge is -2.20. The maximum Gasteiger partial charge on any atom is 0.413 e. The number of rotatable bonds is 3. The topological polar surface area (TPSA) is 86.5 Å². The van der Waals surface area contributed by atoms with E-state index in [4.69, 9.17) is 15.2 Å². The molecular weight excluding hydrogens is 301 g/mol. The first kappa shape index (κ1) is 16.5. The number of nitrogens with zero attached hydrogens (tertiary/aromatic N) is 1. The van der Waals surface area contributed by atoms with Crippen molar-refractivity contribution in [2.75, 3.05) is 5.73 Å². The summed E-state index contributed by atoms with van der Waals surface area (Å²) in [4.78, 5) is 15.6. The first-order valence-corrected chi connectivity index (χ1v) is 6.92. The summed E-state index contributed by atoms with van der Waals surface area (Å²) in [5.41, 5.74) is 5.00. The number of halogens is 1. The van der Waals surface area contributed by atoms with Gasteiger partial charge in [0, 0.05) is 11.6 Å². The number of benzene rings is 1. The van der Waals surface area contributed by atoms with Gasteiger partial charge in [-0.2, -0.15) is 0 Å². The fourth-order valence-electron chi connectivity index (χ4n) is 1.65. The van der Waals surface area contributed by atoms with Crippen LogP contribution in [0.3, 0.4) is 0 Å². The number of carbonyl (C=O) groups is 1. The molecule has 122 valence electrons. The molecule has 1 aromatic carbocycles. The zero-order valence-electron chi connectivity index (χ0n) is 13.1. The molecule has 6 nitrogen and oxygen atoms in total. The predicted molar refractivity (Wildman–Crippen MR) is 84.0 cm³/mol. The molecular formula is C16H18FN3O3. The van der Waals surface area contributed by atoms with E-state index in [9.17, 15) is 9.18 Å². The Morgan fingerprint density at radius 1 is 1.22 bits per heavy atom. The van der Waals surface area contributed by atoms with Crippen LogP contribution in [-0.2, 0) is 0 Å². The molecule has 0 spiro atoms. The van der Waals surface area contributed by atoms with E-state index < -0.39 is 17.4 Å². The third-order valence-electron chi connectivity index (χ3n) is 2.58. The Kier molecular flexibility index (Phi) is 4.68. The molecule has 0 aliphatic carbocycles. The standard InChI is InChI=1S/C16H18FN3O3/c1-16(2,3)20-15(21)23-13-8-10(4-6-12(13)17)22-11-5-7-14(18)19-9-11/h4-9H,1-3H3,(H2,18,19)(H,20,21). The molecule has 0 fully saturated rings. The molecule has 0 aliphatic heterocycles. The van der Waals surface area contributed by atoms with Crippen LogP contribution >= 0.6 is 0 Å². The molecule has 2 aromatic rings. The lowest BCUT2D eigenvalue weighted by Crippen LogP contribution is -2.42. The number of nitrogens with one attached hydrogen (secondary N) is 1. The molecule has 23 heavy (non-hydrogen) atoms. The van der Waals surface area contributed by atoms with Gasteiger partial charge in [-0.15, -0.1) is 0 Å². The molecule has 0 atom stereocenters. The molecule has 0 saturated carbocycles. The van der Waals surface area contributed by atoms with Gasteiger partial charge < -0.3 is 20.5 Å². The maximum absolute atomic E-state index is 13.8. The van der Waals surface area contributed by atoms with E-state index in [0.29, 0.717) is 17.3 Å². The zero-order chi connectivity index (χ0) is 17.0. The molecule has 2 rings (SSSR count). The number of carbonyl (C=O) groups excluding carboxylic acids is 1. The monoisotopic (exact) mass is 319 g/mol. The third-order valence-corrected chi connectivity index (χ3v) is 2.58. The number of pyridine rings is 1. The minimum atomic E-state index is -0.747. The average Bonchev–Trinajstić information content (AvgIpc) is 2.43. The van der Waals surface area contributed by atoms with E-state index in [1.807, 2.05) is 0 Å². The Morgan fingerprint density at radius 3 is 2.52 bits per heavy atom. The summed E-state index contributed by atoms with van der Waals surface area (Å²) >= 11 is 0. The van der Waals surface area contributed by atoms with Gasteiger partial charge in [-0.1, -0.05) is 0 Å². The van der Waals surface area contributed by atoms with Crippen LogP contribution in [0.2, 0.25) is 0 Å². The van der Waals surface area contributed by atoms with Gasteiger partial charge in [0.15, 0.2) is 11.6 Å². The summed E-state index contributed by atoms with van der Waals surface area (Å²) in [6.07, 6.45) is 0.689. The average molecular weight is 319 g/mol. The van der Waals surface area contributed by atoms with Crippen LogP contribution in [0, 0.1) is 5.82 Å². The van der Waals surface area contributed by atoms with Gasteiger partial charge in [-0.25, -0.2) is 14.2 Å². The number of hydrogen-bond donors (Lipinski definition) is 2. The number of nitrogen functional groups attached to an aromatic ring is 1. The van der Waals surface area contributed by atoms with Crippen LogP contribution in [0.1, 0.15) is 20.8 Å². The summed E-state index contributed by atoms with van der Waals surface area (Å²) in [6.45, 7) is 5.37. The predicted octanol–water partition coefficient (Wildman–Crippen LogP) is 3.48. The third kappa shape index (κ3) is 5.14. The normalized spacial score (nSPS) is 11.0. The minimum absolute atomic E-state index is 0.229. The van der Waals surface area contributed by atoms with Crippen molar-refractivity contribution in [3.05, 3.63) is 42.3 Å². The highest BCUT2D eigenvalue weighted by molar-refractivity contribution is 5.71. The van der Waals surface area contributed by atoms with Gasteiger partial charge in [-0.05, 0) is 45.0 Å². The van der Waals surface area contributed by atoms with Gasteiger partial charge in [0.2, 0.25) is 0 Å². The van der Waals surface area contributed by atoms with E-state index >= 15 is 0 Å². The highest BCUT2D eigenvalue weighted by atomic mass is 19.1.